The zero-order valence-corrected chi connectivity index (χ0v) is 18.0. The van der Waals surface area contributed by atoms with Crippen LogP contribution in [-0.2, 0) is 0 Å². The Bertz CT molecular complexity index is 234. The van der Waals surface area contributed by atoms with E-state index in [1.165, 1.54) is 109 Å². The third-order valence-corrected chi connectivity index (χ3v) is 5.56. The minimum atomic E-state index is 0.392. The Labute approximate surface area is 155 Å². The molecule has 0 saturated carbocycles. The monoisotopic (exact) mass is 339 g/mol. The number of hydrogen-bond donors (Lipinski definition) is 0. The normalized spacial score (nSPS) is 12.2. The minimum absolute atomic E-state index is 0.392. The van der Waals surface area contributed by atoms with E-state index in [4.69, 9.17) is 0 Å². The highest BCUT2D eigenvalue weighted by atomic mass is 15.2. The van der Waals surface area contributed by atoms with Crippen LogP contribution >= 0.6 is 0 Å². The largest absolute Gasteiger partial charge is 0.298 e. The first-order valence-corrected chi connectivity index (χ1v) is 11.3. The molecule has 0 aromatic heterocycles. The van der Waals surface area contributed by atoms with Gasteiger partial charge in [-0.1, -0.05) is 97.8 Å². The molecule has 0 spiro atoms. The third-order valence-electron chi connectivity index (χ3n) is 5.56. The van der Waals surface area contributed by atoms with Crippen molar-refractivity contribution in [3.8, 4) is 0 Å². The molecular weight excluding hydrogens is 290 g/mol. The zero-order valence-electron chi connectivity index (χ0n) is 18.0. The summed E-state index contributed by atoms with van der Waals surface area (Å²) in [5.74, 6) is 0. The number of nitrogens with zero attached hydrogens (tertiary/aromatic N) is 1. The fourth-order valence-corrected chi connectivity index (χ4v) is 3.67. The lowest BCUT2D eigenvalue weighted by atomic mass is 9.93. The molecule has 0 rings (SSSR count). The van der Waals surface area contributed by atoms with Gasteiger partial charge in [0.1, 0.15) is 0 Å². The Morgan fingerprint density at radius 2 is 0.875 bits per heavy atom. The fourth-order valence-electron chi connectivity index (χ4n) is 3.67. The van der Waals surface area contributed by atoms with Gasteiger partial charge in [-0.3, -0.25) is 4.90 Å². The molecule has 146 valence electrons. The van der Waals surface area contributed by atoms with Crippen LogP contribution in [0.4, 0.5) is 0 Å². The second-order valence-electron chi connectivity index (χ2n) is 8.44. The zero-order chi connectivity index (χ0) is 18.1. The van der Waals surface area contributed by atoms with Gasteiger partial charge in [-0.2, -0.15) is 0 Å². The van der Waals surface area contributed by atoms with E-state index in [9.17, 15) is 0 Å². The summed E-state index contributed by atoms with van der Waals surface area (Å²) in [5, 5.41) is 0. The van der Waals surface area contributed by atoms with Crippen molar-refractivity contribution in [3.05, 3.63) is 0 Å². The second kappa shape index (κ2) is 16.4. The van der Waals surface area contributed by atoms with Crippen LogP contribution in [0.3, 0.4) is 0 Å². The van der Waals surface area contributed by atoms with Crippen molar-refractivity contribution in [2.45, 2.75) is 136 Å². The van der Waals surface area contributed by atoms with Gasteiger partial charge in [0.15, 0.2) is 0 Å². The van der Waals surface area contributed by atoms with Gasteiger partial charge < -0.3 is 0 Å². The summed E-state index contributed by atoms with van der Waals surface area (Å²) >= 11 is 0. The van der Waals surface area contributed by atoms with Gasteiger partial charge in [0.2, 0.25) is 0 Å². The Morgan fingerprint density at radius 3 is 1.33 bits per heavy atom. The highest BCUT2D eigenvalue weighted by Gasteiger charge is 2.25. The van der Waals surface area contributed by atoms with Crippen LogP contribution in [0.1, 0.15) is 131 Å². The lowest BCUT2D eigenvalue weighted by Crippen LogP contribution is -2.45. The maximum Gasteiger partial charge on any atom is 0.0153 e. The first kappa shape index (κ1) is 24.0. The Hall–Kier alpha value is -0.0400. The molecule has 0 heterocycles. The van der Waals surface area contributed by atoms with E-state index in [-0.39, 0.29) is 0 Å². The van der Waals surface area contributed by atoms with Crippen LogP contribution in [-0.4, -0.2) is 23.5 Å². The van der Waals surface area contributed by atoms with Crippen LogP contribution in [0.5, 0.6) is 0 Å². The van der Waals surface area contributed by atoms with E-state index in [0.717, 1.165) is 0 Å². The summed E-state index contributed by atoms with van der Waals surface area (Å²) in [6.07, 6.45) is 21.0. The minimum Gasteiger partial charge on any atom is -0.298 e. The molecule has 0 aliphatic rings. The van der Waals surface area contributed by atoms with Crippen LogP contribution in [0.15, 0.2) is 0 Å². The SMILES string of the molecule is CCCCCCCCC(C)(C)N(CCCCCC)CCCCCC. The van der Waals surface area contributed by atoms with Crippen LogP contribution in [0.2, 0.25) is 0 Å². The molecule has 0 radical (unpaired) electrons. The molecule has 0 bridgehead atoms. The number of hydrogen-bond acceptors (Lipinski definition) is 1. The van der Waals surface area contributed by atoms with Gasteiger partial charge in [-0.05, 0) is 46.2 Å². The first-order chi connectivity index (χ1) is 11.6. The fraction of sp³-hybridized carbons (Fsp3) is 1.00. The molecule has 0 aromatic rings. The number of unbranched alkanes of at least 4 members (excludes halogenated alkanes) is 11. The van der Waals surface area contributed by atoms with Gasteiger partial charge in [0.25, 0.3) is 0 Å². The van der Waals surface area contributed by atoms with Gasteiger partial charge in [-0.15, -0.1) is 0 Å². The lowest BCUT2D eigenvalue weighted by molar-refractivity contribution is 0.103. The maximum absolute atomic E-state index is 2.82. The molecule has 0 N–H and O–H groups in total. The van der Waals surface area contributed by atoms with Crippen molar-refractivity contribution in [1.29, 1.82) is 0 Å². The molecule has 0 saturated heterocycles. The van der Waals surface area contributed by atoms with Crippen LogP contribution in [0.25, 0.3) is 0 Å². The maximum atomic E-state index is 2.82. The molecule has 0 amide bonds. The topological polar surface area (TPSA) is 3.24 Å². The molecular formula is C23H49N. The van der Waals surface area contributed by atoms with Crippen molar-refractivity contribution in [3.63, 3.8) is 0 Å². The molecule has 0 aromatic carbocycles. The summed E-state index contributed by atoms with van der Waals surface area (Å²) in [5.41, 5.74) is 0.392. The van der Waals surface area contributed by atoms with Crippen molar-refractivity contribution in [1.82, 2.24) is 4.90 Å². The highest BCUT2D eigenvalue weighted by molar-refractivity contribution is 4.81. The van der Waals surface area contributed by atoms with E-state index in [1.807, 2.05) is 0 Å². The summed E-state index contributed by atoms with van der Waals surface area (Å²) in [7, 11) is 0. The molecule has 0 fully saturated rings. The lowest BCUT2D eigenvalue weighted by Gasteiger charge is -2.39. The van der Waals surface area contributed by atoms with Crippen molar-refractivity contribution in [2.75, 3.05) is 13.1 Å². The molecule has 24 heavy (non-hydrogen) atoms. The predicted octanol–water partition coefficient (Wildman–Crippen LogP) is 7.98. The molecule has 1 nitrogen and oxygen atoms in total. The summed E-state index contributed by atoms with van der Waals surface area (Å²) in [6.45, 7) is 14.6. The Morgan fingerprint density at radius 1 is 0.500 bits per heavy atom. The number of rotatable bonds is 18. The van der Waals surface area contributed by atoms with Crippen LogP contribution < -0.4 is 0 Å². The average Bonchev–Trinajstić information content (AvgIpc) is 2.56. The molecule has 0 atom stereocenters. The Balaban J connectivity index is 4.19. The van der Waals surface area contributed by atoms with Crippen LogP contribution in [0, 0.1) is 0 Å². The molecule has 0 aliphatic heterocycles. The van der Waals surface area contributed by atoms with Crippen molar-refractivity contribution >= 4 is 0 Å². The van der Waals surface area contributed by atoms with Gasteiger partial charge in [-0.25, -0.2) is 0 Å². The van der Waals surface area contributed by atoms with E-state index in [2.05, 4.69) is 39.5 Å². The third kappa shape index (κ3) is 13.3. The van der Waals surface area contributed by atoms with Gasteiger partial charge >= 0.3 is 0 Å². The Kier molecular flexibility index (Phi) is 16.4. The average molecular weight is 340 g/mol. The smallest absolute Gasteiger partial charge is 0.0153 e. The quantitative estimate of drug-likeness (QED) is 0.229. The summed E-state index contributed by atoms with van der Waals surface area (Å²) in [6, 6.07) is 0. The van der Waals surface area contributed by atoms with Crippen molar-refractivity contribution < 1.29 is 0 Å². The highest BCUT2D eigenvalue weighted by Crippen LogP contribution is 2.24. The standard InChI is InChI=1S/C23H49N/c1-6-9-12-15-16-17-20-23(4,5)24(21-18-13-10-7-2)22-19-14-11-8-3/h6-22H2,1-5H3. The molecule has 0 unspecified atom stereocenters. The molecule has 1 heteroatoms. The van der Waals surface area contributed by atoms with E-state index < -0.39 is 0 Å². The van der Waals surface area contributed by atoms with Crippen molar-refractivity contribution in [2.24, 2.45) is 0 Å². The van der Waals surface area contributed by atoms with E-state index >= 15 is 0 Å². The van der Waals surface area contributed by atoms with Gasteiger partial charge in [0, 0.05) is 5.54 Å². The van der Waals surface area contributed by atoms with Gasteiger partial charge in [0.05, 0.1) is 0 Å². The summed E-state index contributed by atoms with van der Waals surface area (Å²) in [4.78, 5) is 2.82. The summed E-state index contributed by atoms with van der Waals surface area (Å²) < 4.78 is 0. The van der Waals surface area contributed by atoms with E-state index in [1.54, 1.807) is 0 Å². The molecule has 0 aliphatic carbocycles. The predicted molar refractivity (Wildman–Crippen MR) is 112 cm³/mol. The first-order valence-electron chi connectivity index (χ1n) is 11.3. The second-order valence-corrected chi connectivity index (χ2v) is 8.44. The van der Waals surface area contributed by atoms with E-state index in [0.29, 0.717) is 5.54 Å².